The van der Waals surface area contributed by atoms with E-state index in [4.69, 9.17) is 0 Å². The van der Waals surface area contributed by atoms with Crippen LogP contribution in [0.5, 0.6) is 0 Å². The molecule has 0 aliphatic rings. The van der Waals surface area contributed by atoms with Gasteiger partial charge in [-0.3, -0.25) is 9.59 Å². The molecule has 1 aromatic rings. The fourth-order valence-electron chi connectivity index (χ4n) is 5.38. The van der Waals surface area contributed by atoms with Crippen LogP contribution in [0.3, 0.4) is 0 Å². The van der Waals surface area contributed by atoms with E-state index < -0.39 is 166 Å². The van der Waals surface area contributed by atoms with Gasteiger partial charge in [-0.2, -0.15) is 181 Å². The maximum absolute atomic E-state index is 15.6. The largest absolute Gasteiger partial charge is 0.460 e. The minimum absolute atomic E-state index is 0.256. The van der Waals surface area contributed by atoms with Crippen LogP contribution in [-0.4, -0.2) is 138 Å². The van der Waals surface area contributed by atoms with Gasteiger partial charge in [0.15, 0.2) is 6.73 Å². The summed E-state index contributed by atoms with van der Waals surface area (Å²) in [4.78, 5) is 50.1. The van der Waals surface area contributed by atoms with Crippen LogP contribution in [0.2, 0.25) is 0 Å². The van der Waals surface area contributed by atoms with Gasteiger partial charge in [-0.05, 0) is 13.0 Å². The van der Waals surface area contributed by atoms with Gasteiger partial charge in [-0.1, -0.05) is 0 Å². The molecule has 0 fully saturated rings. The molecule has 0 saturated heterocycles. The number of carbonyl (C=O) groups excluding carboxylic acids is 4. The second kappa shape index (κ2) is 19.4. The zero-order valence-corrected chi connectivity index (χ0v) is 35.5. The molecule has 0 radical (unpaired) electrons. The van der Waals surface area contributed by atoms with Crippen LogP contribution in [0.1, 0.15) is 28.4 Å². The summed E-state index contributed by atoms with van der Waals surface area (Å²) in [7, 11) is 0. The fourth-order valence-corrected chi connectivity index (χ4v) is 5.38. The predicted octanol–water partition coefficient (Wildman–Crippen LogP) is 13.6. The summed E-state index contributed by atoms with van der Waals surface area (Å²) < 4.78 is 556. The number of ether oxygens (including phenoxy) is 1. The molecule has 0 aliphatic carbocycles. The van der Waals surface area contributed by atoms with Crippen LogP contribution in [0.25, 0.3) is 0 Å². The van der Waals surface area contributed by atoms with Crippen molar-refractivity contribution in [3.63, 3.8) is 0 Å². The van der Waals surface area contributed by atoms with Gasteiger partial charge in [0.2, 0.25) is 12.2 Å². The number of alkyl halides is 39. The number of isocyanates is 2. The lowest BCUT2D eigenvalue weighted by molar-refractivity contribution is -0.495. The average Bonchev–Trinajstić information content (AvgIpc) is 3.25. The highest BCUT2D eigenvalue weighted by atomic mass is 19.4. The fraction of sp³-hybridized carbons (Fsp3) is 0.688. The van der Waals surface area contributed by atoms with E-state index in [1.54, 1.807) is 0 Å². The normalized spacial score (nSPS) is 15.6. The Bertz CT molecular complexity index is 2610. The number of esters is 1. The third-order valence-corrected chi connectivity index (χ3v) is 9.98. The van der Waals surface area contributed by atoms with Gasteiger partial charge in [-0.15, -0.1) is 0 Å². The van der Waals surface area contributed by atoms with Crippen LogP contribution in [0.4, 0.5) is 183 Å². The second-order valence-electron chi connectivity index (χ2n) is 14.8. The molecule has 1 rings (SSSR count). The maximum atomic E-state index is 15.6. The first-order valence-corrected chi connectivity index (χ1v) is 17.8. The van der Waals surface area contributed by atoms with E-state index >= 15 is 17.6 Å². The minimum Gasteiger partial charge on any atom is -0.445 e. The van der Waals surface area contributed by atoms with Crippen molar-refractivity contribution in [2.45, 2.75) is 127 Å². The monoisotopic (exact) mass is 1260 g/mol. The molecule has 1 amide bonds. The molecule has 0 heterocycles. The maximum Gasteiger partial charge on any atom is 0.460 e. The molecule has 47 heteroatoms. The van der Waals surface area contributed by atoms with Crippen molar-refractivity contribution in [2.75, 3.05) is 6.73 Å². The number of hydrogen-bond donors (Lipinski definition) is 1. The summed E-state index contributed by atoms with van der Waals surface area (Å²) in [6.07, 6.45) is -8.01. The lowest BCUT2D eigenvalue weighted by Gasteiger charge is -2.47. The topological polar surface area (TPSA) is 114 Å². The van der Waals surface area contributed by atoms with E-state index in [0.29, 0.717) is 6.92 Å². The molecule has 1 aromatic carbocycles. The van der Waals surface area contributed by atoms with Crippen molar-refractivity contribution in [3.05, 3.63) is 22.8 Å². The molecule has 0 bridgehead atoms. The molecule has 0 spiro atoms. The SMILES string of the molecule is CC(=O)OCNC(=O)c1c(C(F)(F)C(F)(F)C(F)(F)C(F)(F)C(F)(F)C(F)(F)C(F)(F)C(F)(F)C(F)(F)C(F)(F)C(F)(F)C(F)(F)C(F)(F)C(F)(F)C(F)(F)C(F)(F)C(F)(F)C(F)(F)C(F)(F)F)cc(N=C=O)c(C)c1N=C=O. The number of nitrogens with one attached hydrogen (secondary N) is 1. The van der Waals surface area contributed by atoms with Crippen molar-refractivity contribution in [2.24, 2.45) is 9.98 Å². The van der Waals surface area contributed by atoms with Crippen LogP contribution in [0, 0.1) is 6.92 Å². The Morgan fingerprint density at radius 3 is 0.886 bits per heavy atom. The Balaban J connectivity index is 4.35. The van der Waals surface area contributed by atoms with Crippen molar-refractivity contribution >= 4 is 35.4 Å². The smallest absolute Gasteiger partial charge is 0.445 e. The zero-order valence-electron chi connectivity index (χ0n) is 35.5. The number of hydrogen-bond acceptors (Lipinski definition) is 7. The molecule has 0 unspecified atom stereocenters. The van der Waals surface area contributed by atoms with E-state index in [0.717, 1.165) is 5.32 Å². The summed E-state index contributed by atoms with van der Waals surface area (Å²) in [5.41, 5.74) is -11.8. The molecule has 79 heavy (non-hydrogen) atoms. The van der Waals surface area contributed by atoms with E-state index in [-0.39, 0.29) is 19.1 Å². The van der Waals surface area contributed by atoms with Crippen molar-refractivity contribution < 1.29 is 195 Å². The van der Waals surface area contributed by atoms with Gasteiger partial charge in [0.1, 0.15) is 0 Å². The van der Waals surface area contributed by atoms with Gasteiger partial charge in [0.25, 0.3) is 5.91 Å². The lowest BCUT2D eigenvalue weighted by atomic mass is 9.81. The van der Waals surface area contributed by atoms with Gasteiger partial charge in [-0.25, -0.2) is 9.59 Å². The molecule has 0 saturated carbocycles. The van der Waals surface area contributed by atoms with Gasteiger partial charge >= 0.3 is 119 Å². The van der Waals surface area contributed by atoms with Gasteiger partial charge < -0.3 is 10.1 Å². The molecule has 0 atom stereocenters. The van der Waals surface area contributed by atoms with E-state index in [2.05, 4.69) is 14.7 Å². The van der Waals surface area contributed by atoms with Crippen molar-refractivity contribution in [1.82, 2.24) is 5.32 Å². The molecule has 456 valence electrons. The molecular formula is C32H10F39N3O5. The third-order valence-electron chi connectivity index (χ3n) is 9.98. The number of rotatable bonds is 23. The Labute approximate surface area is 402 Å². The minimum atomic E-state index is -10.7. The van der Waals surface area contributed by atoms with Crippen LogP contribution >= 0.6 is 0 Å². The Morgan fingerprint density at radius 1 is 0.418 bits per heavy atom. The Kier molecular flexibility index (Phi) is 17.5. The van der Waals surface area contributed by atoms with Crippen LogP contribution in [0.15, 0.2) is 16.1 Å². The van der Waals surface area contributed by atoms with Crippen LogP contribution < -0.4 is 5.32 Å². The summed E-state index contributed by atoms with van der Waals surface area (Å²) in [6.45, 7) is -1.07. The second-order valence-corrected chi connectivity index (χ2v) is 14.8. The Hall–Kier alpha value is -5.81. The summed E-state index contributed by atoms with van der Waals surface area (Å²) in [5, 5.41) is 1.02. The number of amides is 1. The molecule has 8 nitrogen and oxygen atoms in total. The molecule has 0 aromatic heterocycles. The quantitative estimate of drug-likeness (QED) is 0.0385. The number of carbonyl (C=O) groups is 2. The highest BCUT2D eigenvalue weighted by Crippen LogP contribution is 2.71. The highest BCUT2D eigenvalue weighted by molar-refractivity contribution is 6.03. The molecular weight excluding hydrogens is 1250 g/mol. The van der Waals surface area contributed by atoms with Gasteiger partial charge in [0, 0.05) is 18.1 Å². The number of halogens is 39. The predicted molar refractivity (Wildman–Crippen MR) is 165 cm³/mol. The molecule has 1 N–H and O–H groups in total. The number of aliphatic imine (C=N–C) groups is 2. The highest BCUT2D eigenvalue weighted by Gasteiger charge is 3.03. The van der Waals surface area contributed by atoms with E-state index in [1.807, 2.05) is 0 Å². The first-order chi connectivity index (χ1) is 34.1. The first-order valence-electron chi connectivity index (χ1n) is 17.8. The average molecular weight is 1260 g/mol. The van der Waals surface area contributed by atoms with Crippen molar-refractivity contribution in [1.29, 1.82) is 0 Å². The number of benzene rings is 1. The van der Waals surface area contributed by atoms with Crippen LogP contribution in [-0.2, 0) is 25.0 Å². The summed E-state index contributed by atoms with van der Waals surface area (Å²) in [6, 6.07) is -1.13. The van der Waals surface area contributed by atoms with Crippen molar-refractivity contribution in [3.8, 4) is 0 Å². The zero-order chi connectivity index (χ0) is 64.2. The number of nitrogens with zero attached hydrogens (tertiary/aromatic N) is 2. The van der Waals surface area contributed by atoms with E-state index in [9.17, 15) is 173 Å². The lowest BCUT2D eigenvalue weighted by Crippen LogP contribution is -2.80. The van der Waals surface area contributed by atoms with Gasteiger partial charge in [0.05, 0.1) is 16.9 Å². The summed E-state index contributed by atoms with van der Waals surface area (Å²) in [5.74, 6) is -185. The Morgan fingerprint density at radius 2 is 0.658 bits per heavy atom. The third kappa shape index (κ3) is 9.05. The van der Waals surface area contributed by atoms with E-state index in [1.165, 1.54) is 0 Å². The summed E-state index contributed by atoms with van der Waals surface area (Å²) >= 11 is 0. The first kappa shape index (κ1) is 71.2. The molecule has 0 aliphatic heterocycles. The standard InChI is InChI=1S/C32H10F39N3O5/c1-7-10(72-4-75)3-9(11(12(7)73-5-76)13(78)74-6-79-8(2)77)14(33,34)15(35,36)16(37,38)17(39,40)18(41,42)19(43,44)20(45,46)21(47,48)22(49,50)23(51,52)24(53,54)25(55,56)26(57,58)27(59,60)28(61,62)29(63,64)30(65,66)31(67,68)32(69,70)71/h3H,6H2,1-2H3,(H,74,78).